The van der Waals surface area contributed by atoms with Gasteiger partial charge in [0.2, 0.25) is 0 Å². The molecule has 0 aliphatic rings. The molecule has 0 aliphatic carbocycles. The first-order chi connectivity index (χ1) is 6.94. The van der Waals surface area contributed by atoms with Crippen molar-refractivity contribution < 1.29 is 23.0 Å². The first-order valence-electron chi connectivity index (χ1n) is 4.02. The molecular weight excluding hydrogens is 277 g/mol. The van der Waals surface area contributed by atoms with Gasteiger partial charge in [-0.25, -0.2) is 0 Å². The molecule has 0 aromatic heterocycles. The lowest BCUT2D eigenvalue weighted by Crippen LogP contribution is -2.20. The molecule has 0 bridgehead atoms. The van der Waals surface area contributed by atoms with Crippen LogP contribution in [0.15, 0.2) is 22.7 Å². The van der Waals surface area contributed by atoms with Gasteiger partial charge in [0.1, 0.15) is 5.75 Å². The molecule has 0 saturated carbocycles. The van der Waals surface area contributed by atoms with Crippen molar-refractivity contribution in [2.24, 2.45) is 0 Å². The van der Waals surface area contributed by atoms with Crippen LogP contribution >= 0.6 is 15.9 Å². The van der Waals surface area contributed by atoms with Gasteiger partial charge in [-0.1, -0.05) is 12.1 Å². The molecule has 0 unspecified atom stereocenters. The van der Waals surface area contributed by atoms with Crippen LogP contribution in [0.5, 0.6) is 5.75 Å². The molecule has 15 heavy (non-hydrogen) atoms. The SMILES string of the molecule is OCc1cccc(Br)c1OCC(F)(F)F. The Morgan fingerprint density at radius 2 is 2.00 bits per heavy atom. The predicted molar refractivity (Wildman–Crippen MR) is 51.6 cm³/mol. The molecule has 0 radical (unpaired) electrons. The third-order valence-electron chi connectivity index (χ3n) is 1.60. The van der Waals surface area contributed by atoms with Gasteiger partial charge in [-0.3, -0.25) is 0 Å². The van der Waals surface area contributed by atoms with Crippen molar-refractivity contribution in [2.45, 2.75) is 12.8 Å². The van der Waals surface area contributed by atoms with Gasteiger partial charge in [0, 0.05) is 5.56 Å². The van der Waals surface area contributed by atoms with Gasteiger partial charge < -0.3 is 9.84 Å². The molecule has 1 N–H and O–H groups in total. The lowest BCUT2D eigenvalue weighted by Gasteiger charge is -2.13. The first kappa shape index (κ1) is 12.3. The predicted octanol–water partition coefficient (Wildman–Crippen LogP) is 2.88. The van der Waals surface area contributed by atoms with Crippen LogP contribution in [0, 0.1) is 0 Å². The number of hydrogen-bond donors (Lipinski definition) is 1. The normalized spacial score (nSPS) is 11.5. The number of halogens is 4. The minimum Gasteiger partial charge on any atom is -0.483 e. The Bertz CT molecular complexity index is 339. The molecule has 6 heteroatoms. The number of benzene rings is 1. The Morgan fingerprint density at radius 1 is 1.33 bits per heavy atom. The Balaban J connectivity index is 2.83. The third kappa shape index (κ3) is 3.71. The highest BCUT2D eigenvalue weighted by atomic mass is 79.9. The second kappa shape index (κ2) is 4.85. The molecule has 0 fully saturated rings. The number of aliphatic hydroxyl groups is 1. The van der Waals surface area contributed by atoms with Crippen LogP contribution in [0.25, 0.3) is 0 Å². The smallest absolute Gasteiger partial charge is 0.422 e. The summed E-state index contributed by atoms with van der Waals surface area (Å²) in [5, 5.41) is 8.89. The largest absolute Gasteiger partial charge is 0.483 e. The number of para-hydroxylation sites is 1. The number of rotatable bonds is 3. The molecule has 1 aromatic carbocycles. The van der Waals surface area contributed by atoms with E-state index in [1.54, 1.807) is 12.1 Å². The van der Waals surface area contributed by atoms with E-state index in [1.165, 1.54) is 6.07 Å². The fourth-order valence-corrected chi connectivity index (χ4v) is 1.52. The van der Waals surface area contributed by atoms with E-state index in [9.17, 15) is 13.2 Å². The molecule has 0 spiro atoms. The molecule has 1 rings (SSSR count). The second-order valence-electron chi connectivity index (χ2n) is 2.79. The van der Waals surface area contributed by atoms with Crippen LogP contribution in [-0.2, 0) is 6.61 Å². The minimum absolute atomic E-state index is 0.0253. The molecule has 2 nitrogen and oxygen atoms in total. The zero-order chi connectivity index (χ0) is 11.5. The summed E-state index contributed by atoms with van der Waals surface area (Å²) >= 11 is 3.05. The number of alkyl halides is 3. The molecule has 0 amide bonds. The molecule has 0 aliphatic heterocycles. The molecule has 0 heterocycles. The zero-order valence-electron chi connectivity index (χ0n) is 7.51. The molecular formula is C9H8BrF3O2. The van der Waals surface area contributed by atoms with Crippen molar-refractivity contribution in [3.8, 4) is 5.75 Å². The van der Waals surface area contributed by atoms with Crippen LogP contribution in [0.4, 0.5) is 13.2 Å². The number of hydrogen-bond acceptors (Lipinski definition) is 2. The highest BCUT2D eigenvalue weighted by Gasteiger charge is 2.29. The van der Waals surface area contributed by atoms with Crippen molar-refractivity contribution in [1.82, 2.24) is 0 Å². The number of aliphatic hydroxyl groups excluding tert-OH is 1. The lowest BCUT2D eigenvalue weighted by atomic mass is 10.2. The summed E-state index contributed by atoms with van der Waals surface area (Å²) < 4.78 is 40.7. The summed E-state index contributed by atoms with van der Waals surface area (Å²) in [5.74, 6) is 0.0253. The van der Waals surface area contributed by atoms with Crippen molar-refractivity contribution in [3.05, 3.63) is 28.2 Å². The lowest BCUT2D eigenvalue weighted by molar-refractivity contribution is -0.153. The van der Waals surface area contributed by atoms with Crippen molar-refractivity contribution in [3.63, 3.8) is 0 Å². The minimum atomic E-state index is -4.39. The van der Waals surface area contributed by atoms with Crippen LogP contribution in [0.2, 0.25) is 0 Å². The van der Waals surface area contributed by atoms with E-state index in [2.05, 4.69) is 20.7 Å². The molecule has 0 saturated heterocycles. The molecule has 0 atom stereocenters. The fraction of sp³-hybridized carbons (Fsp3) is 0.333. The van der Waals surface area contributed by atoms with E-state index < -0.39 is 12.8 Å². The molecule has 84 valence electrons. The Hall–Kier alpha value is -0.750. The van der Waals surface area contributed by atoms with E-state index in [4.69, 9.17) is 5.11 Å². The maximum atomic E-state index is 11.9. The summed E-state index contributed by atoms with van der Waals surface area (Å²) in [6.45, 7) is -1.74. The summed E-state index contributed by atoms with van der Waals surface area (Å²) in [4.78, 5) is 0. The average molecular weight is 285 g/mol. The van der Waals surface area contributed by atoms with Crippen LogP contribution < -0.4 is 4.74 Å². The van der Waals surface area contributed by atoms with Crippen LogP contribution in [-0.4, -0.2) is 17.9 Å². The van der Waals surface area contributed by atoms with Crippen molar-refractivity contribution in [2.75, 3.05) is 6.61 Å². The van der Waals surface area contributed by atoms with E-state index in [0.717, 1.165) is 0 Å². The van der Waals surface area contributed by atoms with Gasteiger partial charge in [0.15, 0.2) is 6.61 Å². The monoisotopic (exact) mass is 284 g/mol. The Labute approximate surface area is 92.8 Å². The summed E-state index contributed by atoms with van der Waals surface area (Å²) in [6, 6.07) is 4.65. The number of ether oxygens (including phenoxy) is 1. The van der Waals surface area contributed by atoms with Gasteiger partial charge in [-0.15, -0.1) is 0 Å². The highest BCUT2D eigenvalue weighted by molar-refractivity contribution is 9.10. The Kier molecular flexibility index (Phi) is 3.98. The van der Waals surface area contributed by atoms with Crippen LogP contribution in [0.3, 0.4) is 0 Å². The Morgan fingerprint density at radius 3 is 2.53 bits per heavy atom. The molecule has 1 aromatic rings. The van der Waals surface area contributed by atoms with E-state index in [0.29, 0.717) is 10.0 Å². The summed E-state index contributed by atoms with van der Waals surface area (Å²) in [7, 11) is 0. The van der Waals surface area contributed by atoms with E-state index in [1.807, 2.05) is 0 Å². The van der Waals surface area contributed by atoms with Crippen LogP contribution in [0.1, 0.15) is 5.56 Å². The van der Waals surface area contributed by atoms with Gasteiger partial charge in [0.05, 0.1) is 11.1 Å². The standard InChI is InChI=1S/C9H8BrF3O2/c10-7-3-1-2-6(4-14)8(7)15-5-9(11,12)13/h1-3,14H,4-5H2. The van der Waals surface area contributed by atoms with E-state index in [-0.39, 0.29) is 12.4 Å². The maximum Gasteiger partial charge on any atom is 0.422 e. The quantitative estimate of drug-likeness (QED) is 0.925. The first-order valence-corrected chi connectivity index (χ1v) is 4.81. The van der Waals surface area contributed by atoms with E-state index >= 15 is 0 Å². The topological polar surface area (TPSA) is 29.5 Å². The third-order valence-corrected chi connectivity index (χ3v) is 2.22. The van der Waals surface area contributed by atoms with Gasteiger partial charge >= 0.3 is 6.18 Å². The van der Waals surface area contributed by atoms with Gasteiger partial charge in [-0.05, 0) is 22.0 Å². The van der Waals surface area contributed by atoms with Crippen molar-refractivity contribution >= 4 is 15.9 Å². The zero-order valence-corrected chi connectivity index (χ0v) is 9.10. The summed E-state index contributed by atoms with van der Waals surface area (Å²) in [5.41, 5.74) is 0.314. The second-order valence-corrected chi connectivity index (χ2v) is 3.64. The fourth-order valence-electron chi connectivity index (χ4n) is 0.994. The maximum absolute atomic E-state index is 11.9. The van der Waals surface area contributed by atoms with Gasteiger partial charge in [0.25, 0.3) is 0 Å². The van der Waals surface area contributed by atoms with Gasteiger partial charge in [-0.2, -0.15) is 13.2 Å². The highest BCUT2D eigenvalue weighted by Crippen LogP contribution is 2.30. The average Bonchev–Trinajstić information content (AvgIpc) is 2.14. The summed E-state index contributed by atoms with van der Waals surface area (Å²) in [6.07, 6.45) is -4.39. The van der Waals surface area contributed by atoms with Crippen molar-refractivity contribution in [1.29, 1.82) is 0 Å².